The van der Waals surface area contributed by atoms with E-state index in [2.05, 4.69) is 0 Å². The third-order valence-electron chi connectivity index (χ3n) is 5.37. The Kier molecular flexibility index (Phi) is 5.64. The standard InChI is InChI=1S/C19H26N2O5/c1-2-15-14(19(24)25)11-16(26-15)18(23)20-9-6-13(7-10-20)12-21-8-4-3-5-17(21)22/h11,13H,2-10,12H2,1H3,(H,24,25). The van der Waals surface area contributed by atoms with Crippen LogP contribution in [0.15, 0.2) is 10.5 Å². The monoisotopic (exact) mass is 362 g/mol. The first-order valence-electron chi connectivity index (χ1n) is 9.42. The van der Waals surface area contributed by atoms with Crippen molar-refractivity contribution in [2.24, 2.45) is 5.92 Å². The summed E-state index contributed by atoms with van der Waals surface area (Å²) in [5.74, 6) is -0.227. The first-order valence-corrected chi connectivity index (χ1v) is 9.42. The van der Waals surface area contributed by atoms with Crippen molar-refractivity contribution in [2.75, 3.05) is 26.2 Å². The Hall–Kier alpha value is -2.31. The van der Waals surface area contributed by atoms with Crippen LogP contribution in [0.2, 0.25) is 0 Å². The van der Waals surface area contributed by atoms with Crippen molar-refractivity contribution >= 4 is 17.8 Å². The SMILES string of the molecule is CCc1oc(C(=O)N2CCC(CN3CCCCC3=O)CC2)cc1C(=O)O. The molecule has 0 spiro atoms. The molecule has 2 amide bonds. The molecule has 3 rings (SSSR count). The molecule has 1 aromatic rings. The van der Waals surface area contributed by atoms with Gasteiger partial charge in [-0.05, 0) is 31.6 Å². The number of nitrogens with zero attached hydrogens (tertiary/aromatic N) is 2. The van der Waals surface area contributed by atoms with Crippen LogP contribution in [0.5, 0.6) is 0 Å². The second-order valence-electron chi connectivity index (χ2n) is 7.14. The fourth-order valence-corrected chi connectivity index (χ4v) is 3.82. The van der Waals surface area contributed by atoms with Gasteiger partial charge in [-0.25, -0.2) is 4.79 Å². The second kappa shape index (κ2) is 7.93. The molecule has 0 aliphatic carbocycles. The number of carboxylic acids is 1. The molecule has 7 heteroatoms. The van der Waals surface area contributed by atoms with Crippen molar-refractivity contribution in [1.29, 1.82) is 0 Å². The summed E-state index contributed by atoms with van der Waals surface area (Å²) in [7, 11) is 0. The predicted molar refractivity (Wildman–Crippen MR) is 94.1 cm³/mol. The highest BCUT2D eigenvalue weighted by molar-refractivity contribution is 5.96. The normalized spacial score (nSPS) is 19.0. The van der Waals surface area contributed by atoms with E-state index in [9.17, 15) is 19.5 Å². The van der Waals surface area contributed by atoms with Crippen LogP contribution >= 0.6 is 0 Å². The van der Waals surface area contributed by atoms with Gasteiger partial charge in [0, 0.05) is 45.1 Å². The van der Waals surface area contributed by atoms with Crippen LogP contribution in [-0.4, -0.2) is 58.9 Å². The van der Waals surface area contributed by atoms with Crippen molar-refractivity contribution in [3.63, 3.8) is 0 Å². The number of furan rings is 1. The molecule has 1 N–H and O–H groups in total. The molecular weight excluding hydrogens is 336 g/mol. The van der Waals surface area contributed by atoms with Gasteiger partial charge in [-0.15, -0.1) is 0 Å². The van der Waals surface area contributed by atoms with E-state index in [0.717, 1.165) is 38.8 Å². The zero-order valence-electron chi connectivity index (χ0n) is 15.2. The maximum Gasteiger partial charge on any atom is 0.339 e. The van der Waals surface area contributed by atoms with E-state index in [0.29, 0.717) is 37.6 Å². The van der Waals surface area contributed by atoms with Gasteiger partial charge in [0.05, 0.1) is 0 Å². The summed E-state index contributed by atoms with van der Waals surface area (Å²) in [6.45, 7) is 4.64. The Labute approximate surface area is 152 Å². The predicted octanol–water partition coefficient (Wildman–Crippen LogP) is 2.40. The zero-order chi connectivity index (χ0) is 18.7. The van der Waals surface area contributed by atoms with Crippen LogP contribution in [0.25, 0.3) is 0 Å². The third kappa shape index (κ3) is 3.92. The smallest absolute Gasteiger partial charge is 0.339 e. The topological polar surface area (TPSA) is 91.1 Å². The number of carbonyl (C=O) groups is 3. The number of amides is 2. The molecule has 3 heterocycles. The Morgan fingerprint density at radius 3 is 2.54 bits per heavy atom. The van der Waals surface area contributed by atoms with Crippen molar-refractivity contribution in [2.45, 2.75) is 45.4 Å². The Bertz CT molecular complexity index is 688. The molecule has 0 aromatic carbocycles. The number of aromatic carboxylic acids is 1. The Morgan fingerprint density at radius 1 is 1.23 bits per heavy atom. The van der Waals surface area contributed by atoms with E-state index in [4.69, 9.17) is 4.42 Å². The fraction of sp³-hybridized carbons (Fsp3) is 0.632. The molecule has 0 saturated carbocycles. The van der Waals surface area contributed by atoms with Gasteiger partial charge in [0.2, 0.25) is 5.91 Å². The minimum absolute atomic E-state index is 0.0642. The highest BCUT2D eigenvalue weighted by Crippen LogP contribution is 2.24. The van der Waals surface area contributed by atoms with Gasteiger partial charge in [-0.3, -0.25) is 9.59 Å². The van der Waals surface area contributed by atoms with E-state index in [1.165, 1.54) is 6.07 Å². The van der Waals surface area contributed by atoms with E-state index in [-0.39, 0.29) is 23.1 Å². The van der Waals surface area contributed by atoms with Crippen LogP contribution in [0.4, 0.5) is 0 Å². The van der Waals surface area contributed by atoms with Crippen molar-refractivity contribution in [1.82, 2.24) is 9.80 Å². The number of rotatable bonds is 5. The maximum atomic E-state index is 12.6. The zero-order valence-corrected chi connectivity index (χ0v) is 15.2. The van der Waals surface area contributed by atoms with E-state index >= 15 is 0 Å². The first kappa shape index (κ1) is 18.5. The number of aryl methyl sites for hydroxylation is 1. The van der Waals surface area contributed by atoms with Gasteiger partial charge in [-0.2, -0.15) is 0 Å². The molecule has 26 heavy (non-hydrogen) atoms. The first-order chi connectivity index (χ1) is 12.5. The molecule has 0 unspecified atom stereocenters. The van der Waals surface area contributed by atoms with E-state index < -0.39 is 5.97 Å². The molecule has 1 aromatic heterocycles. The van der Waals surface area contributed by atoms with Crippen molar-refractivity contribution in [3.8, 4) is 0 Å². The average molecular weight is 362 g/mol. The van der Waals surface area contributed by atoms with Gasteiger partial charge in [0.25, 0.3) is 5.91 Å². The highest BCUT2D eigenvalue weighted by atomic mass is 16.4. The molecule has 2 aliphatic heterocycles. The van der Waals surface area contributed by atoms with Gasteiger partial charge < -0.3 is 19.3 Å². The molecule has 2 aliphatic rings. The molecule has 2 saturated heterocycles. The highest BCUT2D eigenvalue weighted by Gasteiger charge is 2.29. The summed E-state index contributed by atoms with van der Waals surface area (Å²) < 4.78 is 5.48. The Morgan fingerprint density at radius 2 is 1.96 bits per heavy atom. The minimum atomic E-state index is -1.07. The van der Waals surface area contributed by atoms with Crippen LogP contribution in [0.3, 0.4) is 0 Å². The van der Waals surface area contributed by atoms with Gasteiger partial charge in [0.15, 0.2) is 5.76 Å². The lowest BCUT2D eigenvalue weighted by molar-refractivity contribution is -0.134. The molecule has 2 fully saturated rings. The lowest BCUT2D eigenvalue weighted by Crippen LogP contribution is -2.44. The van der Waals surface area contributed by atoms with Crippen LogP contribution in [-0.2, 0) is 11.2 Å². The number of hydrogen-bond acceptors (Lipinski definition) is 4. The summed E-state index contributed by atoms with van der Waals surface area (Å²) in [5, 5.41) is 9.20. The van der Waals surface area contributed by atoms with Crippen molar-refractivity contribution in [3.05, 3.63) is 23.2 Å². The summed E-state index contributed by atoms with van der Waals surface area (Å²) >= 11 is 0. The number of carbonyl (C=O) groups excluding carboxylic acids is 2. The third-order valence-corrected chi connectivity index (χ3v) is 5.37. The van der Waals surface area contributed by atoms with Crippen LogP contribution in [0, 0.1) is 5.92 Å². The summed E-state index contributed by atoms with van der Waals surface area (Å²) in [6, 6.07) is 1.34. The van der Waals surface area contributed by atoms with Crippen molar-refractivity contribution < 1.29 is 23.9 Å². The van der Waals surface area contributed by atoms with Gasteiger partial charge in [-0.1, -0.05) is 6.92 Å². The molecule has 0 atom stereocenters. The van der Waals surface area contributed by atoms with Crippen LogP contribution in [0.1, 0.15) is 65.7 Å². The number of carboxylic acid groups (broad SMARTS) is 1. The second-order valence-corrected chi connectivity index (χ2v) is 7.14. The summed E-state index contributed by atoms with van der Waals surface area (Å²) in [6.07, 6.45) is 4.85. The number of piperidine rings is 2. The summed E-state index contributed by atoms with van der Waals surface area (Å²) in [4.78, 5) is 39.5. The molecule has 7 nitrogen and oxygen atoms in total. The van der Waals surface area contributed by atoms with E-state index in [1.54, 1.807) is 11.8 Å². The maximum absolute atomic E-state index is 12.6. The molecular formula is C19H26N2O5. The molecule has 142 valence electrons. The molecule has 0 radical (unpaired) electrons. The Balaban J connectivity index is 1.56. The quantitative estimate of drug-likeness (QED) is 0.868. The number of hydrogen-bond donors (Lipinski definition) is 1. The van der Waals surface area contributed by atoms with Crippen LogP contribution < -0.4 is 0 Å². The average Bonchev–Trinajstić information content (AvgIpc) is 3.08. The fourth-order valence-electron chi connectivity index (χ4n) is 3.82. The van der Waals surface area contributed by atoms with E-state index in [1.807, 2.05) is 4.90 Å². The largest absolute Gasteiger partial charge is 0.478 e. The van der Waals surface area contributed by atoms with Gasteiger partial charge in [0.1, 0.15) is 11.3 Å². The lowest BCUT2D eigenvalue weighted by atomic mass is 9.95. The lowest BCUT2D eigenvalue weighted by Gasteiger charge is -2.35. The molecule has 0 bridgehead atoms. The summed E-state index contributed by atoms with van der Waals surface area (Å²) in [5.41, 5.74) is 0.0642. The minimum Gasteiger partial charge on any atom is -0.478 e. The number of likely N-dealkylation sites (tertiary alicyclic amines) is 2. The van der Waals surface area contributed by atoms with Gasteiger partial charge >= 0.3 is 5.97 Å².